The third-order valence-corrected chi connectivity index (χ3v) is 3.76. The van der Waals surface area contributed by atoms with Gasteiger partial charge < -0.3 is 15.4 Å². The molecule has 1 unspecified atom stereocenters. The second kappa shape index (κ2) is 8.85. The minimum atomic E-state index is -0.391. The van der Waals surface area contributed by atoms with Gasteiger partial charge in [-0.3, -0.25) is 0 Å². The van der Waals surface area contributed by atoms with Gasteiger partial charge in [-0.25, -0.2) is 0 Å². The number of benzene rings is 1. The van der Waals surface area contributed by atoms with Crippen molar-refractivity contribution in [1.29, 1.82) is 0 Å². The third kappa shape index (κ3) is 5.18. The standard InChI is InChI=1S/C18H30N2O/c1-5-12-18(19,15-20(13-6-2)14-7-3)16-8-10-17(21-4)11-9-16/h5,8-11H,1,6-7,12-15,19H2,2-4H3. The van der Waals surface area contributed by atoms with Crippen LogP contribution in [0.2, 0.25) is 0 Å². The maximum atomic E-state index is 6.73. The number of methoxy groups -OCH3 is 1. The largest absolute Gasteiger partial charge is 0.497 e. The fraction of sp³-hybridized carbons (Fsp3) is 0.556. The summed E-state index contributed by atoms with van der Waals surface area (Å²) in [6.07, 6.45) is 4.98. The Morgan fingerprint density at radius 3 is 2.19 bits per heavy atom. The van der Waals surface area contributed by atoms with E-state index in [1.807, 2.05) is 18.2 Å². The number of ether oxygens (including phenoxy) is 1. The Morgan fingerprint density at radius 1 is 1.19 bits per heavy atom. The summed E-state index contributed by atoms with van der Waals surface area (Å²) < 4.78 is 5.23. The zero-order valence-corrected chi connectivity index (χ0v) is 13.8. The predicted molar refractivity (Wildman–Crippen MR) is 90.7 cm³/mol. The smallest absolute Gasteiger partial charge is 0.118 e. The summed E-state index contributed by atoms with van der Waals surface area (Å²) >= 11 is 0. The van der Waals surface area contributed by atoms with Crippen molar-refractivity contribution < 1.29 is 4.74 Å². The van der Waals surface area contributed by atoms with Crippen molar-refractivity contribution in [3.05, 3.63) is 42.5 Å². The summed E-state index contributed by atoms with van der Waals surface area (Å²) in [6.45, 7) is 11.3. The second-order valence-corrected chi connectivity index (χ2v) is 5.65. The topological polar surface area (TPSA) is 38.5 Å². The summed E-state index contributed by atoms with van der Waals surface area (Å²) in [6, 6.07) is 8.09. The van der Waals surface area contributed by atoms with Gasteiger partial charge >= 0.3 is 0 Å². The van der Waals surface area contributed by atoms with Crippen LogP contribution in [0.3, 0.4) is 0 Å². The molecule has 0 saturated heterocycles. The molecule has 0 aliphatic heterocycles. The van der Waals surface area contributed by atoms with E-state index in [1.165, 1.54) is 0 Å². The van der Waals surface area contributed by atoms with Crippen molar-refractivity contribution in [2.75, 3.05) is 26.7 Å². The molecular formula is C18H30N2O. The number of hydrogen-bond donors (Lipinski definition) is 1. The number of nitrogens with two attached hydrogens (primary N) is 1. The molecule has 3 nitrogen and oxygen atoms in total. The lowest BCUT2D eigenvalue weighted by Crippen LogP contribution is -2.48. The average Bonchev–Trinajstić information content (AvgIpc) is 2.48. The van der Waals surface area contributed by atoms with Crippen LogP contribution in [-0.4, -0.2) is 31.6 Å². The molecule has 21 heavy (non-hydrogen) atoms. The van der Waals surface area contributed by atoms with Crippen LogP contribution in [0.25, 0.3) is 0 Å². The van der Waals surface area contributed by atoms with Crippen LogP contribution in [0.4, 0.5) is 0 Å². The molecule has 0 amide bonds. The van der Waals surface area contributed by atoms with Gasteiger partial charge in [0.2, 0.25) is 0 Å². The van der Waals surface area contributed by atoms with Crippen molar-refractivity contribution in [2.45, 2.75) is 38.6 Å². The first-order valence-electron chi connectivity index (χ1n) is 7.86. The zero-order valence-electron chi connectivity index (χ0n) is 13.8. The maximum Gasteiger partial charge on any atom is 0.118 e. The van der Waals surface area contributed by atoms with E-state index in [0.717, 1.165) is 50.2 Å². The molecule has 0 aliphatic carbocycles. The molecule has 0 spiro atoms. The van der Waals surface area contributed by atoms with Crippen molar-refractivity contribution in [1.82, 2.24) is 4.90 Å². The number of rotatable bonds is 10. The van der Waals surface area contributed by atoms with Crippen LogP contribution in [-0.2, 0) is 5.54 Å². The molecule has 1 atom stereocenters. The Labute approximate surface area is 129 Å². The Hall–Kier alpha value is -1.32. The van der Waals surface area contributed by atoms with Crippen LogP contribution >= 0.6 is 0 Å². The highest BCUT2D eigenvalue weighted by Gasteiger charge is 2.28. The van der Waals surface area contributed by atoms with Gasteiger partial charge in [-0.05, 0) is 50.0 Å². The Bertz CT molecular complexity index is 410. The van der Waals surface area contributed by atoms with Crippen molar-refractivity contribution in [3.63, 3.8) is 0 Å². The SMILES string of the molecule is C=CCC(N)(CN(CCC)CCC)c1ccc(OC)cc1. The molecule has 0 radical (unpaired) electrons. The van der Waals surface area contributed by atoms with Gasteiger partial charge in [0.1, 0.15) is 5.75 Å². The van der Waals surface area contributed by atoms with Crippen LogP contribution in [0.5, 0.6) is 5.75 Å². The second-order valence-electron chi connectivity index (χ2n) is 5.65. The zero-order chi connectivity index (χ0) is 15.7. The van der Waals surface area contributed by atoms with E-state index >= 15 is 0 Å². The molecule has 1 aromatic rings. The summed E-state index contributed by atoms with van der Waals surface area (Å²) in [5, 5.41) is 0. The summed E-state index contributed by atoms with van der Waals surface area (Å²) in [5.74, 6) is 0.860. The molecule has 0 aliphatic rings. The first-order chi connectivity index (χ1) is 10.1. The van der Waals surface area contributed by atoms with Crippen LogP contribution in [0.1, 0.15) is 38.7 Å². The Morgan fingerprint density at radius 2 is 1.76 bits per heavy atom. The van der Waals surface area contributed by atoms with Crippen LogP contribution in [0.15, 0.2) is 36.9 Å². The van der Waals surface area contributed by atoms with Gasteiger partial charge in [-0.2, -0.15) is 0 Å². The van der Waals surface area contributed by atoms with Gasteiger partial charge in [0.05, 0.1) is 12.6 Å². The molecule has 0 heterocycles. The summed E-state index contributed by atoms with van der Waals surface area (Å²) in [4.78, 5) is 2.45. The first-order valence-corrected chi connectivity index (χ1v) is 7.86. The molecule has 0 saturated carbocycles. The molecule has 2 N–H and O–H groups in total. The van der Waals surface area contributed by atoms with E-state index in [1.54, 1.807) is 7.11 Å². The lowest BCUT2D eigenvalue weighted by molar-refractivity contribution is 0.208. The van der Waals surface area contributed by atoms with Gasteiger partial charge in [0.25, 0.3) is 0 Å². The first kappa shape index (κ1) is 17.7. The monoisotopic (exact) mass is 290 g/mol. The summed E-state index contributed by atoms with van der Waals surface area (Å²) in [5.41, 5.74) is 7.48. The molecular weight excluding hydrogens is 260 g/mol. The van der Waals surface area contributed by atoms with Crippen molar-refractivity contribution in [2.24, 2.45) is 5.73 Å². The van der Waals surface area contributed by atoms with E-state index in [0.29, 0.717) is 0 Å². The van der Waals surface area contributed by atoms with E-state index < -0.39 is 5.54 Å². The molecule has 1 aromatic carbocycles. The maximum absolute atomic E-state index is 6.73. The van der Waals surface area contributed by atoms with Gasteiger partial charge in [-0.1, -0.05) is 32.1 Å². The normalized spacial score (nSPS) is 14.0. The van der Waals surface area contributed by atoms with E-state index in [9.17, 15) is 0 Å². The lowest BCUT2D eigenvalue weighted by Gasteiger charge is -2.35. The fourth-order valence-corrected chi connectivity index (χ4v) is 2.76. The van der Waals surface area contributed by atoms with Gasteiger partial charge in [0, 0.05) is 6.54 Å². The Balaban J connectivity index is 2.95. The highest BCUT2D eigenvalue weighted by molar-refractivity contribution is 5.32. The Kier molecular flexibility index (Phi) is 7.48. The highest BCUT2D eigenvalue weighted by Crippen LogP contribution is 2.26. The molecule has 0 fully saturated rings. The van der Waals surface area contributed by atoms with Crippen LogP contribution in [0, 0.1) is 0 Å². The van der Waals surface area contributed by atoms with Gasteiger partial charge in [-0.15, -0.1) is 6.58 Å². The lowest BCUT2D eigenvalue weighted by atomic mass is 9.86. The molecule has 118 valence electrons. The number of hydrogen-bond acceptors (Lipinski definition) is 3. The third-order valence-electron chi connectivity index (χ3n) is 3.76. The van der Waals surface area contributed by atoms with Crippen molar-refractivity contribution in [3.8, 4) is 5.75 Å². The van der Waals surface area contributed by atoms with Crippen molar-refractivity contribution >= 4 is 0 Å². The fourth-order valence-electron chi connectivity index (χ4n) is 2.76. The van der Waals surface area contributed by atoms with E-state index in [2.05, 4.69) is 37.5 Å². The molecule has 0 aromatic heterocycles. The minimum Gasteiger partial charge on any atom is -0.497 e. The summed E-state index contributed by atoms with van der Waals surface area (Å²) in [7, 11) is 1.68. The van der Waals surface area contributed by atoms with Gasteiger partial charge in [0.15, 0.2) is 0 Å². The van der Waals surface area contributed by atoms with E-state index in [4.69, 9.17) is 10.5 Å². The highest BCUT2D eigenvalue weighted by atomic mass is 16.5. The average molecular weight is 290 g/mol. The molecule has 1 rings (SSSR count). The predicted octanol–water partition coefficient (Wildman–Crippen LogP) is 3.55. The number of nitrogens with zero attached hydrogens (tertiary/aromatic N) is 1. The quantitative estimate of drug-likeness (QED) is 0.670. The van der Waals surface area contributed by atoms with Crippen LogP contribution < -0.4 is 10.5 Å². The van der Waals surface area contributed by atoms with E-state index in [-0.39, 0.29) is 0 Å². The molecule has 0 bridgehead atoms. The molecule has 3 heteroatoms. The minimum absolute atomic E-state index is 0.391.